The molecule has 1 aromatic carbocycles. The number of ketones is 2. The van der Waals surface area contributed by atoms with Gasteiger partial charge in [-0.25, -0.2) is 0 Å². The van der Waals surface area contributed by atoms with E-state index >= 15 is 0 Å². The third kappa shape index (κ3) is 2.04. The van der Waals surface area contributed by atoms with Gasteiger partial charge in [0.15, 0.2) is 23.1 Å². The molecule has 5 rings (SSSR count). The van der Waals surface area contributed by atoms with Gasteiger partial charge in [-0.2, -0.15) is 0 Å². The first kappa shape index (κ1) is 16.0. The molecule has 0 amide bonds. The van der Waals surface area contributed by atoms with E-state index in [0.717, 1.165) is 51.4 Å². The van der Waals surface area contributed by atoms with Crippen molar-refractivity contribution in [3.05, 3.63) is 11.1 Å². The largest absolute Gasteiger partial charge is 0.505 e. The third-order valence-corrected chi connectivity index (χ3v) is 6.80. The number of rotatable bonds is 0. The molecule has 2 aliphatic heterocycles. The molecule has 0 radical (unpaired) electrons. The minimum Gasteiger partial charge on any atom is -0.505 e. The zero-order valence-electron chi connectivity index (χ0n) is 14.7. The average Bonchev–Trinajstić information content (AvgIpc) is 2.66. The lowest BCUT2D eigenvalue weighted by Crippen LogP contribution is -2.44. The molecule has 0 spiro atoms. The van der Waals surface area contributed by atoms with E-state index in [9.17, 15) is 19.8 Å². The van der Waals surface area contributed by atoms with Gasteiger partial charge in [-0.15, -0.1) is 0 Å². The Morgan fingerprint density at radius 1 is 0.654 bits per heavy atom. The molecule has 4 unspecified atom stereocenters. The van der Waals surface area contributed by atoms with Crippen molar-refractivity contribution in [1.29, 1.82) is 0 Å². The Kier molecular flexibility index (Phi) is 3.46. The van der Waals surface area contributed by atoms with Crippen molar-refractivity contribution in [2.24, 2.45) is 11.8 Å². The van der Waals surface area contributed by atoms with E-state index < -0.39 is 0 Å². The minimum absolute atomic E-state index is 0.0267. The van der Waals surface area contributed by atoms with Crippen LogP contribution in [0.2, 0.25) is 0 Å². The summed E-state index contributed by atoms with van der Waals surface area (Å²) < 4.78 is 0. The number of fused-ring (bicyclic) bond motifs is 4. The van der Waals surface area contributed by atoms with E-state index in [1.807, 2.05) is 0 Å². The maximum Gasteiger partial charge on any atom is 0.174 e. The number of phenolic OH excluding ortho intramolecular Hbond substituents is 2. The molecule has 2 fully saturated rings. The minimum atomic E-state index is -0.174. The van der Waals surface area contributed by atoms with Crippen molar-refractivity contribution in [2.75, 3.05) is 10.6 Å². The number of phenols is 2. The molecule has 1 aromatic rings. The highest BCUT2D eigenvalue weighted by atomic mass is 16.3. The highest BCUT2D eigenvalue weighted by molar-refractivity contribution is 6.17. The molecule has 6 nitrogen and oxygen atoms in total. The molecule has 138 valence electrons. The molecular weight excluding hydrogens is 332 g/mol. The van der Waals surface area contributed by atoms with Crippen LogP contribution in [0.4, 0.5) is 11.4 Å². The standard InChI is InChI=1S/C20H24N2O4/c23-17-9-5-1-3-7-11(9)21-15-13(17)19(25)16-14(20(15)26)18(24)10-6-2-4-8-12(10)22-16/h9-12,21-22,25-26H,1-8H2. The zero-order valence-corrected chi connectivity index (χ0v) is 14.7. The van der Waals surface area contributed by atoms with Gasteiger partial charge in [0.1, 0.15) is 0 Å². The van der Waals surface area contributed by atoms with Crippen molar-refractivity contribution < 1.29 is 19.8 Å². The van der Waals surface area contributed by atoms with Crippen molar-refractivity contribution in [2.45, 2.75) is 63.5 Å². The van der Waals surface area contributed by atoms with E-state index in [-0.39, 0.29) is 69.5 Å². The number of hydrogen-bond acceptors (Lipinski definition) is 6. The summed E-state index contributed by atoms with van der Waals surface area (Å²) >= 11 is 0. The number of benzene rings is 1. The molecule has 4 aliphatic rings. The number of Topliss-reactive ketones (excluding diaryl/α,β-unsaturated/α-hetero) is 2. The second-order valence-corrected chi connectivity index (χ2v) is 8.21. The highest BCUT2D eigenvalue weighted by Gasteiger charge is 2.46. The molecular formula is C20H24N2O4. The Bertz CT molecular complexity index is 751. The summed E-state index contributed by atoms with van der Waals surface area (Å²) in [7, 11) is 0. The summed E-state index contributed by atoms with van der Waals surface area (Å²) in [6.45, 7) is 0. The van der Waals surface area contributed by atoms with Crippen molar-refractivity contribution in [3.8, 4) is 11.5 Å². The molecule has 4 atom stereocenters. The number of anilines is 2. The molecule has 0 aromatic heterocycles. The molecule has 2 saturated carbocycles. The monoisotopic (exact) mass is 356 g/mol. The molecule has 6 heteroatoms. The lowest BCUT2D eigenvalue weighted by atomic mass is 9.73. The van der Waals surface area contributed by atoms with Crippen LogP contribution < -0.4 is 10.6 Å². The van der Waals surface area contributed by atoms with Gasteiger partial charge in [-0.1, -0.05) is 25.7 Å². The molecule has 0 bridgehead atoms. The SMILES string of the molecule is O=C1c2c(O)c3c(c(O)c2NC2CCCCC12)C(=O)C1CCCCC1N3. The van der Waals surface area contributed by atoms with Gasteiger partial charge >= 0.3 is 0 Å². The second kappa shape index (κ2) is 5.63. The number of carbonyl (C=O) groups is 2. The van der Waals surface area contributed by atoms with Gasteiger partial charge in [0.2, 0.25) is 0 Å². The highest BCUT2D eigenvalue weighted by Crippen LogP contribution is 2.53. The van der Waals surface area contributed by atoms with Gasteiger partial charge < -0.3 is 20.8 Å². The molecule has 26 heavy (non-hydrogen) atoms. The maximum atomic E-state index is 13.1. The first-order valence-electron chi connectivity index (χ1n) is 9.81. The molecule has 2 heterocycles. The van der Waals surface area contributed by atoms with Crippen LogP contribution in [0.15, 0.2) is 0 Å². The summed E-state index contributed by atoms with van der Waals surface area (Å²) in [5.74, 6) is -0.904. The number of nitrogens with one attached hydrogen (secondary N) is 2. The summed E-state index contributed by atoms with van der Waals surface area (Å²) in [6, 6.07) is -0.0534. The Hall–Kier alpha value is -2.24. The van der Waals surface area contributed by atoms with Crippen LogP contribution in [0.3, 0.4) is 0 Å². The zero-order chi connectivity index (χ0) is 18.0. The summed E-state index contributed by atoms with van der Waals surface area (Å²) in [5.41, 5.74) is 0.801. The Morgan fingerprint density at radius 2 is 1.04 bits per heavy atom. The summed E-state index contributed by atoms with van der Waals surface area (Å²) in [6.07, 6.45) is 7.41. The predicted molar refractivity (Wildman–Crippen MR) is 97.2 cm³/mol. The van der Waals surface area contributed by atoms with Crippen LogP contribution in [0.25, 0.3) is 0 Å². The van der Waals surface area contributed by atoms with Gasteiger partial charge in [0, 0.05) is 23.9 Å². The summed E-state index contributed by atoms with van der Waals surface area (Å²) in [4.78, 5) is 26.1. The fourth-order valence-corrected chi connectivity index (χ4v) is 5.46. The van der Waals surface area contributed by atoms with Crippen LogP contribution in [-0.4, -0.2) is 33.9 Å². The number of aromatic hydroxyl groups is 2. The quantitative estimate of drug-likeness (QED) is 0.420. The van der Waals surface area contributed by atoms with Gasteiger partial charge in [0.05, 0.1) is 22.5 Å². The van der Waals surface area contributed by atoms with Crippen LogP contribution in [0.5, 0.6) is 11.5 Å². The lowest BCUT2D eigenvalue weighted by Gasteiger charge is -2.41. The second-order valence-electron chi connectivity index (χ2n) is 8.21. The first-order valence-corrected chi connectivity index (χ1v) is 9.81. The van der Waals surface area contributed by atoms with E-state index in [4.69, 9.17) is 0 Å². The van der Waals surface area contributed by atoms with Crippen molar-refractivity contribution in [3.63, 3.8) is 0 Å². The molecule has 0 saturated heterocycles. The Labute approximate surface area is 152 Å². The van der Waals surface area contributed by atoms with E-state index in [1.54, 1.807) is 0 Å². The van der Waals surface area contributed by atoms with E-state index in [1.165, 1.54) is 0 Å². The van der Waals surface area contributed by atoms with Gasteiger partial charge in [-0.3, -0.25) is 9.59 Å². The van der Waals surface area contributed by atoms with Gasteiger partial charge in [0.25, 0.3) is 0 Å². The van der Waals surface area contributed by atoms with Crippen LogP contribution >= 0.6 is 0 Å². The molecule has 2 aliphatic carbocycles. The Balaban J connectivity index is 1.68. The average molecular weight is 356 g/mol. The Morgan fingerprint density at radius 3 is 1.46 bits per heavy atom. The van der Waals surface area contributed by atoms with Crippen molar-refractivity contribution >= 4 is 22.9 Å². The van der Waals surface area contributed by atoms with Crippen LogP contribution in [-0.2, 0) is 0 Å². The fraction of sp³-hybridized carbons (Fsp3) is 0.600. The molecule has 4 N–H and O–H groups in total. The topological polar surface area (TPSA) is 98.7 Å². The predicted octanol–water partition coefficient (Wildman–Crippen LogP) is 3.43. The van der Waals surface area contributed by atoms with Crippen LogP contribution in [0, 0.1) is 11.8 Å². The van der Waals surface area contributed by atoms with E-state index in [2.05, 4.69) is 10.6 Å². The third-order valence-electron chi connectivity index (χ3n) is 6.80. The number of hydrogen-bond donors (Lipinski definition) is 4. The lowest BCUT2D eigenvalue weighted by molar-refractivity contribution is 0.0849. The maximum absolute atomic E-state index is 13.1. The smallest absolute Gasteiger partial charge is 0.174 e. The van der Waals surface area contributed by atoms with Gasteiger partial charge in [-0.05, 0) is 25.7 Å². The van der Waals surface area contributed by atoms with E-state index in [0.29, 0.717) is 0 Å². The number of carbonyl (C=O) groups excluding carboxylic acids is 2. The van der Waals surface area contributed by atoms with Crippen LogP contribution in [0.1, 0.15) is 72.1 Å². The first-order chi connectivity index (χ1) is 12.6. The summed E-state index contributed by atoms with van der Waals surface area (Å²) in [5, 5.41) is 28.3. The fourth-order valence-electron chi connectivity index (χ4n) is 5.46. The normalized spacial score (nSPS) is 32.5. The van der Waals surface area contributed by atoms with Crippen molar-refractivity contribution in [1.82, 2.24) is 0 Å².